The smallest absolute Gasteiger partial charge is 0.299 e. The molecule has 96 valence electrons. The molecule has 7 nitrogen and oxygen atoms in total. The molecular weight excluding hydrogens is 254 g/mol. The highest BCUT2D eigenvalue weighted by Crippen LogP contribution is 2.16. The predicted octanol–water partition coefficient (Wildman–Crippen LogP) is 0.502. The van der Waals surface area contributed by atoms with Crippen LogP contribution in [0.2, 0.25) is 0 Å². The molecule has 0 radical (unpaired) electrons. The summed E-state index contributed by atoms with van der Waals surface area (Å²) >= 11 is 1.38. The lowest BCUT2D eigenvalue weighted by atomic mass is 10.4. The quantitative estimate of drug-likeness (QED) is 0.868. The molecule has 0 amide bonds. The first-order valence-corrected chi connectivity index (χ1v) is 6.08. The molecular formula is C10H13N5O2S. The van der Waals surface area contributed by atoms with Crippen LogP contribution in [0.25, 0.3) is 0 Å². The van der Waals surface area contributed by atoms with Crippen molar-refractivity contribution in [1.82, 2.24) is 19.7 Å². The molecule has 8 heteroatoms. The van der Waals surface area contributed by atoms with Gasteiger partial charge in [-0.15, -0.1) is 10.2 Å². The molecule has 0 aliphatic rings. The predicted molar refractivity (Wildman–Crippen MR) is 68.3 cm³/mol. The Morgan fingerprint density at radius 1 is 1.50 bits per heavy atom. The summed E-state index contributed by atoms with van der Waals surface area (Å²) < 4.78 is 6.53. The van der Waals surface area contributed by atoms with Gasteiger partial charge in [-0.1, -0.05) is 11.3 Å². The van der Waals surface area contributed by atoms with Gasteiger partial charge in [0, 0.05) is 18.8 Å². The average Bonchev–Trinajstić information content (AvgIpc) is 2.80. The van der Waals surface area contributed by atoms with Crippen molar-refractivity contribution in [3.63, 3.8) is 0 Å². The van der Waals surface area contributed by atoms with Gasteiger partial charge in [-0.05, 0) is 6.92 Å². The minimum atomic E-state index is -0.166. The third-order valence-electron chi connectivity index (χ3n) is 2.26. The molecule has 0 saturated heterocycles. The molecule has 18 heavy (non-hydrogen) atoms. The van der Waals surface area contributed by atoms with Crippen molar-refractivity contribution in [1.29, 1.82) is 0 Å². The van der Waals surface area contributed by atoms with E-state index in [-0.39, 0.29) is 11.6 Å². The summed E-state index contributed by atoms with van der Waals surface area (Å²) in [6.07, 6.45) is 0. The standard InChI is InChI=1S/C10H13N5O2S/c1-6-4-8(16)15(10(12-6)17-3)5-7-13-14-9(11-2)18-7/h4H,5H2,1-3H3,(H,11,14). The third-order valence-corrected chi connectivity index (χ3v) is 3.18. The fraction of sp³-hybridized carbons (Fsp3) is 0.400. The van der Waals surface area contributed by atoms with E-state index in [1.54, 1.807) is 14.0 Å². The number of rotatable bonds is 4. The fourth-order valence-electron chi connectivity index (χ4n) is 1.45. The summed E-state index contributed by atoms with van der Waals surface area (Å²) in [6.45, 7) is 2.05. The van der Waals surface area contributed by atoms with Crippen molar-refractivity contribution in [2.24, 2.45) is 0 Å². The molecule has 0 spiro atoms. The molecule has 0 atom stereocenters. The van der Waals surface area contributed by atoms with Crippen molar-refractivity contribution in [2.45, 2.75) is 13.5 Å². The van der Waals surface area contributed by atoms with Gasteiger partial charge in [0.2, 0.25) is 5.13 Å². The van der Waals surface area contributed by atoms with Gasteiger partial charge in [-0.25, -0.2) is 4.98 Å². The van der Waals surface area contributed by atoms with E-state index in [4.69, 9.17) is 4.74 Å². The summed E-state index contributed by atoms with van der Waals surface area (Å²) in [7, 11) is 3.25. The van der Waals surface area contributed by atoms with Crippen LogP contribution >= 0.6 is 11.3 Å². The maximum atomic E-state index is 11.9. The summed E-state index contributed by atoms with van der Waals surface area (Å²) in [4.78, 5) is 16.0. The Labute approximate surface area is 107 Å². The lowest BCUT2D eigenvalue weighted by molar-refractivity contribution is 0.349. The number of ether oxygens (including phenoxy) is 1. The van der Waals surface area contributed by atoms with Crippen molar-refractivity contribution >= 4 is 16.5 Å². The molecule has 0 bridgehead atoms. The Bertz CT molecular complexity index is 607. The molecule has 2 aromatic heterocycles. The Morgan fingerprint density at radius 2 is 2.28 bits per heavy atom. The van der Waals surface area contributed by atoms with Crippen LogP contribution in [0, 0.1) is 6.92 Å². The van der Waals surface area contributed by atoms with Crippen LogP contribution in [0.1, 0.15) is 10.7 Å². The van der Waals surface area contributed by atoms with E-state index in [2.05, 4.69) is 20.5 Å². The van der Waals surface area contributed by atoms with E-state index in [9.17, 15) is 4.79 Å². The van der Waals surface area contributed by atoms with E-state index >= 15 is 0 Å². The van der Waals surface area contributed by atoms with E-state index in [1.807, 2.05) is 0 Å². The SMILES string of the molecule is CNc1nnc(Cn2c(OC)nc(C)cc2=O)s1. The first-order valence-electron chi connectivity index (χ1n) is 5.26. The molecule has 0 aliphatic carbocycles. The first-order chi connectivity index (χ1) is 8.63. The second-order valence-corrected chi connectivity index (χ2v) is 4.62. The summed E-state index contributed by atoms with van der Waals surface area (Å²) in [5.41, 5.74) is 0.460. The largest absolute Gasteiger partial charge is 0.468 e. The minimum Gasteiger partial charge on any atom is -0.468 e. The number of nitrogens with one attached hydrogen (secondary N) is 1. The van der Waals surface area contributed by atoms with Crippen molar-refractivity contribution < 1.29 is 4.74 Å². The van der Waals surface area contributed by atoms with Gasteiger partial charge >= 0.3 is 0 Å². The van der Waals surface area contributed by atoms with E-state index in [0.717, 1.165) is 0 Å². The highest BCUT2D eigenvalue weighted by molar-refractivity contribution is 7.15. The second-order valence-electron chi connectivity index (χ2n) is 3.56. The Hall–Kier alpha value is -1.96. The van der Waals surface area contributed by atoms with Crippen molar-refractivity contribution in [2.75, 3.05) is 19.5 Å². The Balaban J connectivity index is 2.36. The van der Waals surface area contributed by atoms with Crippen LogP contribution in [0.5, 0.6) is 6.01 Å². The number of methoxy groups -OCH3 is 1. The highest BCUT2D eigenvalue weighted by Gasteiger charge is 2.11. The molecule has 2 heterocycles. The van der Waals surface area contributed by atoms with Gasteiger partial charge in [0.15, 0.2) is 0 Å². The fourth-order valence-corrected chi connectivity index (χ4v) is 2.13. The zero-order chi connectivity index (χ0) is 13.1. The molecule has 2 rings (SSSR count). The Kier molecular flexibility index (Phi) is 3.56. The van der Waals surface area contributed by atoms with Gasteiger partial charge in [-0.2, -0.15) is 0 Å². The van der Waals surface area contributed by atoms with Crippen LogP contribution in [-0.2, 0) is 6.54 Å². The first kappa shape index (κ1) is 12.5. The number of hydrogen-bond donors (Lipinski definition) is 1. The van der Waals surface area contributed by atoms with Crippen LogP contribution in [0.3, 0.4) is 0 Å². The maximum Gasteiger partial charge on any atom is 0.299 e. The topological polar surface area (TPSA) is 81.9 Å². The van der Waals surface area contributed by atoms with Gasteiger partial charge in [0.25, 0.3) is 11.6 Å². The molecule has 0 fully saturated rings. The van der Waals surface area contributed by atoms with Crippen molar-refractivity contribution in [3.8, 4) is 6.01 Å². The van der Waals surface area contributed by atoms with Gasteiger partial charge in [0.1, 0.15) is 5.01 Å². The Morgan fingerprint density at radius 3 is 2.89 bits per heavy atom. The monoisotopic (exact) mass is 267 g/mol. The molecule has 2 aromatic rings. The molecule has 1 N–H and O–H groups in total. The number of aryl methyl sites for hydroxylation is 1. The minimum absolute atomic E-state index is 0.166. The van der Waals surface area contributed by atoms with Gasteiger partial charge < -0.3 is 10.1 Å². The number of anilines is 1. The number of nitrogens with zero attached hydrogens (tertiary/aromatic N) is 4. The average molecular weight is 267 g/mol. The number of aromatic nitrogens is 4. The van der Waals surface area contributed by atoms with Crippen LogP contribution in [0.15, 0.2) is 10.9 Å². The zero-order valence-corrected chi connectivity index (χ0v) is 11.1. The third kappa shape index (κ3) is 2.48. The lowest BCUT2D eigenvalue weighted by Crippen LogP contribution is -2.23. The summed E-state index contributed by atoms with van der Waals surface area (Å²) in [5, 5.41) is 12.2. The van der Waals surface area contributed by atoms with Crippen molar-refractivity contribution in [3.05, 3.63) is 27.1 Å². The van der Waals surface area contributed by atoms with Gasteiger partial charge in [-0.3, -0.25) is 9.36 Å². The number of hydrogen-bond acceptors (Lipinski definition) is 7. The van der Waals surface area contributed by atoms with E-state index in [1.165, 1.54) is 29.1 Å². The maximum absolute atomic E-state index is 11.9. The van der Waals surface area contributed by atoms with Crippen LogP contribution in [-0.4, -0.2) is 33.9 Å². The van der Waals surface area contributed by atoms with Crippen LogP contribution < -0.4 is 15.6 Å². The molecule has 0 aliphatic heterocycles. The van der Waals surface area contributed by atoms with Gasteiger partial charge in [0.05, 0.1) is 13.7 Å². The highest BCUT2D eigenvalue weighted by atomic mass is 32.1. The zero-order valence-electron chi connectivity index (χ0n) is 10.3. The summed E-state index contributed by atoms with van der Waals surface area (Å²) in [5.74, 6) is 0. The lowest BCUT2D eigenvalue weighted by Gasteiger charge is -2.08. The second kappa shape index (κ2) is 5.13. The molecule has 0 saturated carbocycles. The van der Waals surface area contributed by atoms with E-state index < -0.39 is 0 Å². The van der Waals surface area contributed by atoms with Crippen LogP contribution in [0.4, 0.5) is 5.13 Å². The molecule has 0 unspecified atom stereocenters. The normalized spacial score (nSPS) is 10.4. The van der Waals surface area contributed by atoms with E-state index in [0.29, 0.717) is 22.4 Å². The molecule has 0 aromatic carbocycles. The summed E-state index contributed by atoms with van der Waals surface area (Å²) in [6, 6.07) is 1.74.